The number of hydrogen-bond donors (Lipinski definition) is 1. The zero-order valence-electron chi connectivity index (χ0n) is 9.25. The van der Waals surface area contributed by atoms with Gasteiger partial charge in [-0.1, -0.05) is 6.07 Å². The van der Waals surface area contributed by atoms with Crippen LogP contribution in [0.5, 0.6) is 0 Å². The highest BCUT2D eigenvalue weighted by molar-refractivity contribution is 7.23. The molecule has 0 unspecified atom stereocenters. The molecule has 3 aromatic rings. The average molecular weight is 291 g/mol. The largest absolute Gasteiger partial charge is 0.365 e. The minimum atomic E-state index is -0.361. The van der Waals surface area contributed by atoms with Gasteiger partial charge < -0.3 is 5.73 Å². The molecule has 0 atom stereocenters. The van der Waals surface area contributed by atoms with Crippen molar-refractivity contribution >= 4 is 39.9 Å². The Kier molecular flexibility index (Phi) is 3.03. The van der Waals surface area contributed by atoms with Gasteiger partial charge in [-0.3, -0.25) is 4.79 Å². The number of amides is 1. The van der Waals surface area contributed by atoms with E-state index in [2.05, 4.69) is 22.9 Å². The van der Waals surface area contributed by atoms with Crippen LogP contribution >= 0.6 is 34.0 Å². The van der Waals surface area contributed by atoms with Crippen molar-refractivity contribution in [1.82, 2.24) is 0 Å². The molecule has 0 aliphatic heterocycles. The van der Waals surface area contributed by atoms with Crippen molar-refractivity contribution in [2.24, 2.45) is 5.73 Å². The van der Waals surface area contributed by atoms with Crippen molar-refractivity contribution in [1.29, 1.82) is 0 Å². The van der Waals surface area contributed by atoms with Gasteiger partial charge in [0.1, 0.15) is 0 Å². The Morgan fingerprint density at radius 3 is 2.56 bits per heavy atom. The third kappa shape index (κ3) is 2.01. The summed E-state index contributed by atoms with van der Waals surface area (Å²) in [5.74, 6) is -0.361. The zero-order valence-corrected chi connectivity index (χ0v) is 11.7. The molecule has 0 spiro atoms. The molecule has 90 valence electrons. The number of rotatable bonds is 3. The molecule has 0 fully saturated rings. The third-order valence-corrected chi connectivity index (χ3v) is 5.62. The molecule has 0 saturated carbocycles. The Labute approximate surface area is 116 Å². The smallest absolute Gasteiger partial charge is 0.258 e. The van der Waals surface area contributed by atoms with Crippen LogP contribution in [-0.4, -0.2) is 5.91 Å². The van der Waals surface area contributed by atoms with E-state index in [9.17, 15) is 4.79 Å². The lowest BCUT2D eigenvalue weighted by atomic mass is 10.2. The van der Waals surface area contributed by atoms with Crippen molar-refractivity contribution in [3.8, 4) is 20.2 Å². The molecule has 0 aliphatic carbocycles. The van der Waals surface area contributed by atoms with Crippen molar-refractivity contribution in [3.63, 3.8) is 0 Å². The second-order valence-corrected chi connectivity index (χ2v) is 6.62. The summed E-state index contributed by atoms with van der Waals surface area (Å²) in [5.41, 5.74) is 6.52. The second-order valence-electron chi connectivity index (χ2n) is 3.67. The third-order valence-electron chi connectivity index (χ3n) is 2.52. The van der Waals surface area contributed by atoms with E-state index in [1.165, 1.54) is 26.7 Å². The molecule has 0 aromatic carbocycles. The normalized spacial score (nSPS) is 10.7. The highest BCUT2D eigenvalue weighted by Crippen LogP contribution is 2.41. The van der Waals surface area contributed by atoms with Crippen LogP contribution in [0.3, 0.4) is 0 Å². The molecule has 1 amide bonds. The van der Waals surface area contributed by atoms with Gasteiger partial charge in [0.15, 0.2) is 0 Å². The van der Waals surface area contributed by atoms with Crippen LogP contribution in [0.1, 0.15) is 9.67 Å². The maximum absolute atomic E-state index is 11.1. The fraction of sp³-hybridized carbons (Fsp3) is 0. The number of thiophene rings is 3. The zero-order chi connectivity index (χ0) is 12.5. The standard InChI is InChI=1S/C13H9NOS3/c14-13(15)11-4-3-10(18-11)12-8(5-7-17-12)9-2-1-6-16-9/h1-7H,(H2,14,15). The molecular weight excluding hydrogens is 282 g/mol. The predicted octanol–water partition coefficient (Wildman–Crippen LogP) is 4.30. The van der Waals surface area contributed by atoms with Crippen LogP contribution < -0.4 is 5.73 Å². The number of primary amides is 1. The summed E-state index contributed by atoms with van der Waals surface area (Å²) in [4.78, 5) is 15.3. The SMILES string of the molecule is NC(=O)c1ccc(-c2sccc2-c2cccs2)s1. The molecular formula is C13H9NOS3. The van der Waals surface area contributed by atoms with Crippen molar-refractivity contribution in [2.45, 2.75) is 0 Å². The molecule has 3 aromatic heterocycles. The average Bonchev–Trinajstić information content (AvgIpc) is 3.10. The monoisotopic (exact) mass is 291 g/mol. The van der Waals surface area contributed by atoms with Crippen molar-refractivity contribution < 1.29 is 4.79 Å². The lowest BCUT2D eigenvalue weighted by Gasteiger charge is -1.98. The van der Waals surface area contributed by atoms with E-state index in [0.29, 0.717) is 4.88 Å². The number of carbonyl (C=O) groups is 1. The minimum Gasteiger partial charge on any atom is -0.365 e. The maximum Gasteiger partial charge on any atom is 0.258 e. The molecule has 5 heteroatoms. The van der Waals surface area contributed by atoms with Gasteiger partial charge in [-0.15, -0.1) is 34.0 Å². The Hall–Kier alpha value is -1.43. The molecule has 3 rings (SSSR count). The maximum atomic E-state index is 11.1. The summed E-state index contributed by atoms with van der Waals surface area (Å²) in [7, 11) is 0. The molecule has 0 saturated heterocycles. The topological polar surface area (TPSA) is 43.1 Å². The van der Waals surface area contributed by atoms with Gasteiger partial charge >= 0.3 is 0 Å². The summed E-state index contributed by atoms with van der Waals surface area (Å²) in [6, 6.07) is 10.0. The van der Waals surface area contributed by atoms with Crippen LogP contribution in [0, 0.1) is 0 Å². The molecule has 0 aliphatic rings. The molecule has 0 radical (unpaired) electrons. The van der Waals surface area contributed by atoms with Gasteiger partial charge in [0.05, 0.1) is 9.75 Å². The number of hydrogen-bond acceptors (Lipinski definition) is 4. The fourth-order valence-corrected chi connectivity index (χ4v) is 4.45. The summed E-state index contributed by atoms with van der Waals surface area (Å²) < 4.78 is 0. The minimum absolute atomic E-state index is 0.361. The molecule has 0 bridgehead atoms. The van der Waals surface area contributed by atoms with Gasteiger partial charge in [0, 0.05) is 15.3 Å². The molecule has 2 N–H and O–H groups in total. The van der Waals surface area contributed by atoms with E-state index < -0.39 is 0 Å². The van der Waals surface area contributed by atoms with Crippen LogP contribution in [0.4, 0.5) is 0 Å². The van der Waals surface area contributed by atoms with Gasteiger partial charge in [-0.2, -0.15) is 0 Å². The molecule has 18 heavy (non-hydrogen) atoms. The predicted molar refractivity (Wildman–Crippen MR) is 79.5 cm³/mol. The van der Waals surface area contributed by atoms with E-state index in [1.807, 2.05) is 12.1 Å². The van der Waals surface area contributed by atoms with E-state index in [0.717, 1.165) is 4.88 Å². The second kappa shape index (κ2) is 4.68. The fourth-order valence-electron chi connectivity index (χ4n) is 1.72. The first-order valence-electron chi connectivity index (χ1n) is 5.27. The molecule has 3 heterocycles. The van der Waals surface area contributed by atoms with Gasteiger partial charge in [-0.25, -0.2) is 0 Å². The summed E-state index contributed by atoms with van der Waals surface area (Å²) >= 11 is 4.86. The van der Waals surface area contributed by atoms with Gasteiger partial charge in [-0.05, 0) is 35.0 Å². The highest BCUT2D eigenvalue weighted by Gasteiger charge is 2.13. The Morgan fingerprint density at radius 1 is 1.00 bits per heavy atom. The van der Waals surface area contributed by atoms with Gasteiger partial charge in [0.2, 0.25) is 0 Å². The molecule has 2 nitrogen and oxygen atoms in total. The first kappa shape index (κ1) is 11.6. The lowest BCUT2D eigenvalue weighted by Crippen LogP contribution is -2.07. The Bertz CT molecular complexity index is 679. The lowest BCUT2D eigenvalue weighted by molar-refractivity contribution is 0.100. The number of nitrogens with two attached hydrogens (primary N) is 1. The van der Waals surface area contributed by atoms with E-state index in [-0.39, 0.29) is 5.91 Å². The van der Waals surface area contributed by atoms with E-state index in [4.69, 9.17) is 5.73 Å². The summed E-state index contributed by atoms with van der Waals surface area (Å²) in [6.45, 7) is 0. The Balaban J connectivity index is 2.07. The van der Waals surface area contributed by atoms with Crippen LogP contribution in [-0.2, 0) is 0 Å². The van der Waals surface area contributed by atoms with E-state index >= 15 is 0 Å². The van der Waals surface area contributed by atoms with Crippen molar-refractivity contribution in [2.75, 3.05) is 0 Å². The quantitative estimate of drug-likeness (QED) is 0.768. The van der Waals surface area contributed by atoms with Crippen molar-refractivity contribution in [3.05, 3.63) is 46.0 Å². The van der Waals surface area contributed by atoms with E-state index in [1.54, 1.807) is 28.7 Å². The summed E-state index contributed by atoms with van der Waals surface area (Å²) in [6.07, 6.45) is 0. The first-order chi connectivity index (χ1) is 8.75. The highest BCUT2D eigenvalue weighted by atomic mass is 32.1. The van der Waals surface area contributed by atoms with Gasteiger partial charge in [0.25, 0.3) is 5.91 Å². The van der Waals surface area contributed by atoms with Crippen LogP contribution in [0.2, 0.25) is 0 Å². The van der Waals surface area contributed by atoms with Crippen LogP contribution in [0.15, 0.2) is 41.1 Å². The summed E-state index contributed by atoms with van der Waals surface area (Å²) in [5, 5.41) is 4.15. The van der Waals surface area contributed by atoms with Crippen LogP contribution in [0.25, 0.3) is 20.2 Å². The number of carbonyl (C=O) groups excluding carboxylic acids is 1. The first-order valence-corrected chi connectivity index (χ1v) is 7.84. The Morgan fingerprint density at radius 2 is 1.89 bits per heavy atom.